The molecule has 0 radical (unpaired) electrons. The lowest BCUT2D eigenvalue weighted by molar-refractivity contribution is -0.117. The van der Waals surface area contributed by atoms with Gasteiger partial charge in [-0.15, -0.1) is 0 Å². The number of nitrogens with zero attached hydrogens (tertiary/aromatic N) is 2. The van der Waals surface area contributed by atoms with Crippen molar-refractivity contribution in [3.63, 3.8) is 0 Å². The molecule has 0 saturated carbocycles. The third-order valence-electron chi connectivity index (χ3n) is 4.82. The fourth-order valence-electron chi connectivity index (χ4n) is 3.15. The average molecular weight is 466 g/mol. The zero-order chi connectivity index (χ0) is 20.3. The zero-order valence-electron chi connectivity index (χ0n) is 16.0. The highest BCUT2D eigenvalue weighted by atomic mass is 79.9. The fourth-order valence-corrected chi connectivity index (χ4v) is 4.83. The first-order valence-corrected chi connectivity index (χ1v) is 11.3. The summed E-state index contributed by atoms with van der Waals surface area (Å²) in [5.74, 6) is -0.0853. The van der Waals surface area contributed by atoms with E-state index in [4.69, 9.17) is 0 Å². The molecule has 3 rings (SSSR count). The molecular formula is C20H24BrN3O3S. The average Bonchev–Trinajstić information content (AvgIpc) is 2.65. The molecule has 1 saturated heterocycles. The van der Waals surface area contributed by atoms with Crippen LogP contribution in [0.15, 0.2) is 51.8 Å². The molecule has 1 amide bonds. The van der Waals surface area contributed by atoms with Gasteiger partial charge in [0.25, 0.3) is 0 Å². The number of hydrogen-bond acceptors (Lipinski definition) is 4. The molecule has 2 aromatic rings. The molecule has 28 heavy (non-hydrogen) atoms. The van der Waals surface area contributed by atoms with Gasteiger partial charge in [-0.25, -0.2) is 8.42 Å². The summed E-state index contributed by atoms with van der Waals surface area (Å²) >= 11 is 3.32. The molecule has 8 heteroatoms. The molecule has 0 bridgehead atoms. The van der Waals surface area contributed by atoms with Crippen molar-refractivity contribution in [1.29, 1.82) is 0 Å². The van der Waals surface area contributed by atoms with E-state index in [2.05, 4.69) is 21.2 Å². The summed E-state index contributed by atoms with van der Waals surface area (Å²) in [6, 6.07) is 12.6. The maximum atomic E-state index is 12.8. The zero-order valence-corrected chi connectivity index (χ0v) is 18.4. The highest BCUT2D eigenvalue weighted by molar-refractivity contribution is 9.10. The van der Waals surface area contributed by atoms with Crippen molar-refractivity contribution >= 4 is 37.5 Å². The van der Waals surface area contributed by atoms with Gasteiger partial charge >= 0.3 is 0 Å². The van der Waals surface area contributed by atoms with Crippen molar-refractivity contribution in [2.24, 2.45) is 0 Å². The molecule has 0 spiro atoms. The standard InChI is InChI=1S/C20H24BrN3O3S/c1-15-3-4-16(2)19(13-15)22-20(25)14-23-9-11-24(12-10-23)28(26,27)18-7-5-17(21)6-8-18/h3-8,13H,9-12,14H2,1-2H3,(H,22,25). The van der Waals surface area contributed by atoms with E-state index in [1.807, 2.05) is 36.9 Å². The highest BCUT2D eigenvalue weighted by Gasteiger charge is 2.29. The first kappa shape index (κ1) is 21.0. The van der Waals surface area contributed by atoms with Gasteiger partial charge in [0, 0.05) is 36.3 Å². The number of anilines is 1. The molecule has 0 aliphatic carbocycles. The second kappa shape index (κ2) is 8.73. The SMILES string of the molecule is Cc1ccc(C)c(NC(=O)CN2CCN(S(=O)(=O)c3ccc(Br)cc3)CC2)c1. The predicted octanol–water partition coefficient (Wildman–Crippen LogP) is 3.01. The summed E-state index contributed by atoms with van der Waals surface area (Å²) in [4.78, 5) is 14.7. The quantitative estimate of drug-likeness (QED) is 0.736. The Bertz CT molecular complexity index is 953. The molecule has 6 nitrogen and oxygen atoms in total. The van der Waals surface area contributed by atoms with Crippen LogP contribution >= 0.6 is 15.9 Å². The van der Waals surface area contributed by atoms with Crippen LogP contribution in [0.5, 0.6) is 0 Å². The maximum Gasteiger partial charge on any atom is 0.243 e. The topological polar surface area (TPSA) is 69.7 Å². The number of rotatable bonds is 5. The van der Waals surface area contributed by atoms with Crippen LogP contribution in [0.1, 0.15) is 11.1 Å². The van der Waals surface area contributed by atoms with E-state index in [1.165, 1.54) is 4.31 Å². The van der Waals surface area contributed by atoms with Crippen LogP contribution in [0.2, 0.25) is 0 Å². The Kier molecular flexibility index (Phi) is 6.54. The van der Waals surface area contributed by atoms with Crippen molar-refractivity contribution in [3.05, 3.63) is 58.1 Å². The number of benzene rings is 2. The molecule has 0 aromatic heterocycles. The van der Waals surface area contributed by atoms with Gasteiger partial charge in [-0.3, -0.25) is 9.69 Å². The van der Waals surface area contributed by atoms with Crippen LogP contribution < -0.4 is 5.32 Å². The highest BCUT2D eigenvalue weighted by Crippen LogP contribution is 2.20. The number of piperazine rings is 1. The number of amides is 1. The van der Waals surface area contributed by atoms with Gasteiger partial charge < -0.3 is 5.32 Å². The molecule has 0 atom stereocenters. The van der Waals surface area contributed by atoms with Crippen LogP contribution in [0.3, 0.4) is 0 Å². The number of sulfonamides is 1. The number of halogens is 1. The third-order valence-corrected chi connectivity index (χ3v) is 7.26. The maximum absolute atomic E-state index is 12.8. The van der Waals surface area contributed by atoms with E-state index >= 15 is 0 Å². The van der Waals surface area contributed by atoms with Crippen molar-refractivity contribution < 1.29 is 13.2 Å². The Morgan fingerprint density at radius 3 is 2.32 bits per heavy atom. The second-order valence-electron chi connectivity index (χ2n) is 7.00. The summed E-state index contributed by atoms with van der Waals surface area (Å²) < 4.78 is 27.8. The predicted molar refractivity (Wildman–Crippen MR) is 114 cm³/mol. The number of nitrogens with one attached hydrogen (secondary N) is 1. The van der Waals surface area contributed by atoms with E-state index in [0.717, 1.165) is 21.3 Å². The molecule has 1 aliphatic heterocycles. The largest absolute Gasteiger partial charge is 0.325 e. The fraction of sp³-hybridized carbons (Fsp3) is 0.350. The Morgan fingerprint density at radius 1 is 1.04 bits per heavy atom. The molecule has 1 fully saturated rings. The normalized spacial score (nSPS) is 16.1. The van der Waals surface area contributed by atoms with Crippen LogP contribution in [0.4, 0.5) is 5.69 Å². The Balaban J connectivity index is 1.55. The van der Waals surface area contributed by atoms with Gasteiger partial charge in [0.2, 0.25) is 15.9 Å². The lowest BCUT2D eigenvalue weighted by atomic mass is 10.1. The van der Waals surface area contributed by atoms with Crippen molar-refractivity contribution in [2.75, 3.05) is 38.0 Å². The summed E-state index contributed by atoms with van der Waals surface area (Å²) in [5.41, 5.74) is 2.93. The molecule has 150 valence electrons. The van der Waals surface area contributed by atoms with Crippen LogP contribution in [0, 0.1) is 13.8 Å². The van der Waals surface area contributed by atoms with Gasteiger partial charge in [-0.1, -0.05) is 28.1 Å². The van der Waals surface area contributed by atoms with Crippen molar-refractivity contribution in [1.82, 2.24) is 9.21 Å². The minimum Gasteiger partial charge on any atom is -0.325 e. The van der Waals surface area contributed by atoms with E-state index < -0.39 is 10.0 Å². The molecule has 1 heterocycles. The van der Waals surface area contributed by atoms with E-state index in [1.54, 1.807) is 24.3 Å². The Labute approximate surface area is 174 Å². The second-order valence-corrected chi connectivity index (χ2v) is 9.85. The van der Waals surface area contributed by atoms with Gasteiger partial charge in [-0.2, -0.15) is 4.31 Å². The molecular weight excluding hydrogens is 442 g/mol. The number of aryl methyl sites for hydroxylation is 2. The summed E-state index contributed by atoms with van der Waals surface area (Å²) in [6.45, 7) is 5.98. The van der Waals surface area contributed by atoms with Gasteiger partial charge in [0.1, 0.15) is 0 Å². The van der Waals surface area contributed by atoms with Crippen molar-refractivity contribution in [2.45, 2.75) is 18.7 Å². The Hall–Kier alpha value is -1.74. The van der Waals surface area contributed by atoms with Crippen LogP contribution in [0.25, 0.3) is 0 Å². The van der Waals surface area contributed by atoms with E-state index in [-0.39, 0.29) is 17.3 Å². The first-order valence-electron chi connectivity index (χ1n) is 9.11. The van der Waals surface area contributed by atoms with Gasteiger partial charge in [0.05, 0.1) is 11.4 Å². The van der Waals surface area contributed by atoms with Crippen molar-refractivity contribution in [3.8, 4) is 0 Å². The smallest absolute Gasteiger partial charge is 0.243 e. The minimum absolute atomic E-state index is 0.0853. The van der Waals surface area contributed by atoms with E-state index in [9.17, 15) is 13.2 Å². The lowest BCUT2D eigenvalue weighted by Crippen LogP contribution is -2.50. The molecule has 0 unspecified atom stereocenters. The summed E-state index contributed by atoms with van der Waals surface area (Å²) in [6.07, 6.45) is 0. The van der Waals surface area contributed by atoms with Gasteiger partial charge in [0.15, 0.2) is 0 Å². The van der Waals surface area contributed by atoms with Crippen LogP contribution in [-0.4, -0.2) is 56.3 Å². The first-order chi connectivity index (χ1) is 13.3. The van der Waals surface area contributed by atoms with Gasteiger partial charge in [-0.05, 0) is 55.3 Å². The Morgan fingerprint density at radius 2 is 1.68 bits per heavy atom. The molecule has 1 N–H and O–H groups in total. The van der Waals surface area contributed by atoms with Crippen LogP contribution in [-0.2, 0) is 14.8 Å². The number of carbonyl (C=O) groups excluding carboxylic acids is 1. The minimum atomic E-state index is -3.50. The molecule has 1 aliphatic rings. The summed E-state index contributed by atoms with van der Waals surface area (Å²) in [5, 5.41) is 2.95. The summed E-state index contributed by atoms with van der Waals surface area (Å²) in [7, 11) is -3.50. The third kappa shape index (κ3) is 5.00. The van der Waals surface area contributed by atoms with E-state index in [0.29, 0.717) is 26.2 Å². The molecule has 2 aromatic carbocycles. The lowest BCUT2D eigenvalue weighted by Gasteiger charge is -2.33. The number of hydrogen-bond donors (Lipinski definition) is 1. The number of carbonyl (C=O) groups is 1. The monoisotopic (exact) mass is 465 g/mol.